The van der Waals surface area contributed by atoms with Gasteiger partial charge in [0.2, 0.25) is 5.95 Å². The highest BCUT2D eigenvalue weighted by molar-refractivity contribution is 6.32. The Morgan fingerprint density at radius 2 is 1.95 bits per heavy atom. The lowest BCUT2D eigenvalue weighted by molar-refractivity contribution is 0.415. The first-order chi connectivity index (χ1) is 9.60. The number of rotatable bonds is 2. The number of ether oxygens (including phenoxy) is 1. The van der Waals surface area contributed by atoms with Gasteiger partial charge >= 0.3 is 0 Å². The lowest BCUT2D eigenvalue weighted by Crippen LogP contribution is -2.00. The summed E-state index contributed by atoms with van der Waals surface area (Å²) < 4.78 is 6.94. The van der Waals surface area contributed by atoms with Crippen molar-refractivity contribution >= 4 is 40.2 Å². The topological polar surface area (TPSA) is 53.1 Å². The minimum atomic E-state index is 0.378. The van der Waals surface area contributed by atoms with Crippen molar-refractivity contribution in [3.63, 3.8) is 0 Å². The molecule has 0 saturated heterocycles. The Labute approximate surface area is 125 Å². The first-order valence-corrected chi connectivity index (χ1v) is 6.63. The van der Waals surface area contributed by atoms with E-state index in [1.54, 1.807) is 29.9 Å². The van der Waals surface area contributed by atoms with Crippen molar-refractivity contribution < 1.29 is 4.74 Å². The molecule has 0 saturated carbocycles. The van der Waals surface area contributed by atoms with Crippen molar-refractivity contribution in [3.05, 3.63) is 46.4 Å². The van der Waals surface area contributed by atoms with E-state index in [-0.39, 0.29) is 0 Å². The van der Waals surface area contributed by atoms with E-state index in [4.69, 9.17) is 33.7 Å². The summed E-state index contributed by atoms with van der Waals surface area (Å²) in [6.07, 6.45) is 0. The molecule has 0 aliphatic heterocycles. The molecule has 4 nitrogen and oxygen atoms in total. The second kappa shape index (κ2) is 4.89. The fraction of sp³-hybridized carbons (Fsp3) is 0.0714. The summed E-state index contributed by atoms with van der Waals surface area (Å²) in [5, 5.41) is 1.13. The number of nitrogens with zero attached hydrogens (tertiary/aromatic N) is 2. The van der Waals surface area contributed by atoms with Crippen LogP contribution in [-0.2, 0) is 0 Å². The Morgan fingerprint density at radius 1 is 1.15 bits per heavy atom. The minimum absolute atomic E-state index is 0.378. The first-order valence-electron chi connectivity index (χ1n) is 5.87. The van der Waals surface area contributed by atoms with Crippen LogP contribution >= 0.6 is 23.2 Å². The van der Waals surface area contributed by atoms with E-state index < -0.39 is 0 Å². The molecule has 0 fully saturated rings. The van der Waals surface area contributed by atoms with E-state index >= 15 is 0 Å². The summed E-state index contributed by atoms with van der Waals surface area (Å²) in [7, 11) is 1.57. The number of methoxy groups -OCH3 is 1. The average molecular weight is 308 g/mol. The van der Waals surface area contributed by atoms with Crippen LogP contribution in [0.2, 0.25) is 10.0 Å². The van der Waals surface area contributed by atoms with Crippen molar-refractivity contribution in [2.75, 3.05) is 12.8 Å². The summed E-state index contributed by atoms with van der Waals surface area (Å²) in [5.74, 6) is 0.986. The number of imidazole rings is 1. The standard InChI is InChI=1S/C14H11Cl2N3O/c1-20-13-5-3-9(7-10(13)16)19-12-6-8(15)2-4-11(12)18-14(19)17/h2-7H,1H3,(H2,17,18). The number of benzene rings is 2. The highest BCUT2D eigenvalue weighted by Crippen LogP contribution is 2.30. The predicted octanol–water partition coefficient (Wildman–Crippen LogP) is 3.92. The molecule has 102 valence electrons. The van der Waals surface area contributed by atoms with Crippen LogP contribution in [0.3, 0.4) is 0 Å². The molecule has 0 spiro atoms. The number of nitrogens with two attached hydrogens (primary N) is 1. The number of hydrogen-bond acceptors (Lipinski definition) is 3. The largest absolute Gasteiger partial charge is 0.495 e. The second-order valence-corrected chi connectivity index (χ2v) is 5.10. The summed E-state index contributed by atoms with van der Waals surface area (Å²) in [4.78, 5) is 4.31. The lowest BCUT2D eigenvalue weighted by Gasteiger charge is -2.09. The number of hydrogen-bond donors (Lipinski definition) is 1. The van der Waals surface area contributed by atoms with Crippen LogP contribution in [0, 0.1) is 0 Å². The maximum absolute atomic E-state index is 6.16. The van der Waals surface area contributed by atoms with E-state index in [0.717, 1.165) is 16.7 Å². The monoisotopic (exact) mass is 307 g/mol. The Hall–Kier alpha value is -1.91. The van der Waals surface area contributed by atoms with E-state index in [9.17, 15) is 0 Å². The van der Waals surface area contributed by atoms with Gasteiger partial charge in [0.25, 0.3) is 0 Å². The van der Waals surface area contributed by atoms with Gasteiger partial charge in [0.1, 0.15) is 5.75 Å². The van der Waals surface area contributed by atoms with Gasteiger partial charge in [-0.05, 0) is 36.4 Å². The quantitative estimate of drug-likeness (QED) is 0.780. The number of halogens is 2. The van der Waals surface area contributed by atoms with Gasteiger partial charge in [0, 0.05) is 5.02 Å². The van der Waals surface area contributed by atoms with Gasteiger partial charge in [0.15, 0.2) is 0 Å². The lowest BCUT2D eigenvalue weighted by atomic mass is 10.2. The molecule has 2 N–H and O–H groups in total. The van der Waals surface area contributed by atoms with Gasteiger partial charge in [0.05, 0.1) is 28.9 Å². The number of fused-ring (bicyclic) bond motifs is 1. The first kappa shape index (κ1) is 13.1. The molecule has 0 amide bonds. The fourth-order valence-electron chi connectivity index (χ4n) is 2.13. The summed E-state index contributed by atoms with van der Waals surface area (Å²) in [6, 6.07) is 10.9. The van der Waals surface area contributed by atoms with Crippen molar-refractivity contribution in [3.8, 4) is 11.4 Å². The zero-order chi connectivity index (χ0) is 14.3. The molecule has 6 heteroatoms. The van der Waals surface area contributed by atoms with Gasteiger partial charge in [-0.3, -0.25) is 4.57 Å². The minimum Gasteiger partial charge on any atom is -0.495 e. The maximum atomic E-state index is 6.16. The van der Waals surface area contributed by atoms with Gasteiger partial charge < -0.3 is 10.5 Å². The van der Waals surface area contributed by atoms with Crippen molar-refractivity contribution in [1.82, 2.24) is 9.55 Å². The normalized spacial score (nSPS) is 10.9. The Bertz CT molecular complexity index is 798. The fourth-order valence-corrected chi connectivity index (χ4v) is 2.55. The van der Waals surface area contributed by atoms with Crippen molar-refractivity contribution in [2.24, 2.45) is 0 Å². The van der Waals surface area contributed by atoms with Crippen molar-refractivity contribution in [1.29, 1.82) is 0 Å². The summed E-state index contributed by atoms with van der Waals surface area (Å²) >= 11 is 12.2. The molecular weight excluding hydrogens is 297 g/mol. The second-order valence-electron chi connectivity index (χ2n) is 4.26. The molecule has 0 aliphatic carbocycles. The Morgan fingerprint density at radius 3 is 2.65 bits per heavy atom. The predicted molar refractivity (Wildman–Crippen MR) is 82.1 cm³/mol. The van der Waals surface area contributed by atoms with Gasteiger partial charge in [-0.2, -0.15) is 0 Å². The third-order valence-corrected chi connectivity index (χ3v) is 3.57. The third kappa shape index (κ3) is 2.07. The molecule has 3 rings (SSSR count). The highest BCUT2D eigenvalue weighted by atomic mass is 35.5. The molecule has 20 heavy (non-hydrogen) atoms. The van der Waals surface area contributed by atoms with Crippen LogP contribution in [0.5, 0.6) is 5.75 Å². The number of nitrogen functional groups attached to an aromatic ring is 1. The van der Waals surface area contributed by atoms with E-state index in [0.29, 0.717) is 21.7 Å². The van der Waals surface area contributed by atoms with Crippen LogP contribution in [-0.4, -0.2) is 16.7 Å². The van der Waals surface area contributed by atoms with Crippen LogP contribution in [0.4, 0.5) is 5.95 Å². The van der Waals surface area contributed by atoms with Gasteiger partial charge in [-0.1, -0.05) is 23.2 Å². The SMILES string of the molecule is COc1ccc(-n2c(N)nc3ccc(Cl)cc32)cc1Cl. The van der Waals surface area contributed by atoms with E-state index in [1.807, 2.05) is 18.2 Å². The van der Waals surface area contributed by atoms with Crippen LogP contribution in [0.25, 0.3) is 16.7 Å². The molecule has 0 aliphatic rings. The van der Waals surface area contributed by atoms with Crippen LogP contribution in [0.15, 0.2) is 36.4 Å². The average Bonchev–Trinajstić information content (AvgIpc) is 2.74. The molecule has 0 unspecified atom stereocenters. The molecule has 3 aromatic rings. The van der Waals surface area contributed by atoms with Gasteiger partial charge in [-0.15, -0.1) is 0 Å². The molecule has 1 aromatic heterocycles. The Kier molecular flexibility index (Phi) is 3.20. The van der Waals surface area contributed by atoms with Gasteiger partial charge in [-0.25, -0.2) is 4.98 Å². The molecule has 0 atom stereocenters. The zero-order valence-corrected chi connectivity index (χ0v) is 12.1. The molecule has 0 radical (unpaired) electrons. The Balaban J connectivity index is 2.26. The maximum Gasteiger partial charge on any atom is 0.205 e. The molecular formula is C14H11Cl2N3O. The van der Waals surface area contributed by atoms with Crippen LogP contribution < -0.4 is 10.5 Å². The highest BCUT2D eigenvalue weighted by Gasteiger charge is 2.12. The smallest absolute Gasteiger partial charge is 0.205 e. The number of anilines is 1. The van der Waals surface area contributed by atoms with E-state index in [1.165, 1.54) is 0 Å². The van der Waals surface area contributed by atoms with E-state index in [2.05, 4.69) is 4.98 Å². The summed E-state index contributed by atoms with van der Waals surface area (Å²) in [6.45, 7) is 0. The van der Waals surface area contributed by atoms with Crippen LogP contribution in [0.1, 0.15) is 0 Å². The molecule has 0 bridgehead atoms. The van der Waals surface area contributed by atoms with Crippen molar-refractivity contribution in [2.45, 2.75) is 0 Å². The summed E-state index contributed by atoms with van der Waals surface area (Å²) in [5.41, 5.74) is 8.40. The zero-order valence-electron chi connectivity index (χ0n) is 10.6. The molecule has 2 aromatic carbocycles. The third-order valence-electron chi connectivity index (χ3n) is 3.04. The molecule has 1 heterocycles. The number of aromatic nitrogens is 2.